The summed E-state index contributed by atoms with van der Waals surface area (Å²) in [6.45, 7) is 4.44. The van der Waals surface area contributed by atoms with E-state index >= 15 is 0 Å². The van der Waals surface area contributed by atoms with E-state index < -0.39 is 0 Å². The van der Waals surface area contributed by atoms with Gasteiger partial charge in [0, 0.05) is 12.5 Å². The third-order valence-electron chi connectivity index (χ3n) is 2.98. The van der Waals surface area contributed by atoms with Gasteiger partial charge in [-0.05, 0) is 18.8 Å². The van der Waals surface area contributed by atoms with Crippen molar-refractivity contribution >= 4 is 16.5 Å². The van der Waals surface area contributed by atoms with Gasteiger partial charge in [-0.1, -0.05) is 44.4 Å². The molecule has 0 spiro atoms. The van der Waals surface area contributed by atoms with Crippen LogP contribution < -0.4 is 5.32 Å². The lowest BCUT2D eigenvalue weighted by molar-refractivity contribution is 0.462. The van der Waals surface area contributed by atoms with E-state index in [1.54, 1.807) is 11.3 Å². The Morgan fingerprint density at radius 3 is 2.69 bits per heavy atom. The minimum Gasteiger partial charge on any atom is -0.357 e. The van der Waals surface area contributed by atoms with Crippen LogP contribution in [0.25, 0.3) is 0 Å². The van der Waals surface area contributed by atoms with Crippen LogP contribution in [0.1, 0.15) is 51.0 Å². The number of nitrogens with one attached hydrogen (secondary N) is 1. The van der Waals surface area contributed by atoms with Crippen LogP contribution in [0.5, 0.6) is 0 Å². The summed E-state index contributed by atoms with van der Waals surface area (Å²) >= 11 is 1.72. The zero-order valence-corrected chi connectivity index (χ0v) is 11.0. The van der Waals surface area contributed by atoms with Crippen molar-refractivity contribution in [1.82, 2.24) is 10.2 Å². The molecule has 1 aromatic heterocycles. The van der Waals surface area contributed by atoms with Gasteiger partial charge < -0.3 is 5.32 Å². The summed E-state index contributed by atoms with van der Waals surface area (Å²) in [5, 5.41) is 14.1. The topological polar surface area (TPSA) is 37.8 Å². The van der Waals surface area contributed by atoms with Crippen LogP contribution in [0.4, 0.5) is 5.13 Å². The Morgan fingerprint density at radius 2 is 2.00 bits per heavy atom. The van der Waals surface area contributed by atoms with Crippen LogP contribution in [0.3, 0.4) is 0 Å². The number of aromatic nitrogens is 2. The Morgan fingerprint density at radius 1 is 1.25 bits per heavy atom. The lowest BCUT2D eigenvalue weighted by atomic mass is 9.96. The van der Waals surface area contributed by atoms with Crippen molar-refractivity contribution in [3.63, 3.8) is 0 Å². The number of hydrogen-bond donors (Lipinski definition) is 1. The molecule has 0 radical (unpaired) electrons. The number of hydrogen-bond acceptors (Lipinski definition) is 4. The molecule has 1 aliphatic rings. The van der Waals surface area contributed by atoms with Crippen LogP contribution in [0.2, 0.25) is 0 Å². The average Bonchev–Trinajstić information content (AvgIpc) is 2.66. The lowest BCUT2D eigenvalue weighted by Gasteiger charge is -2.21. The third-order valence-corrected chi connectivity index (χ3v) is 3.86. The van der Waals surface area contributed by atoms with Crippen molar-refractivity contribution in [1.29, 1.82) is 0 Å². The Hall–Kier alpha value is -0.640. The summed E-state index contributed by atoms with van der Waals surface area (Å²) in [6, 6.07) is 0.633. The minimum absolute atomic E-state index is 0.633. The van der Waals surface area contributed by atoms with Gasteiger partial charge in [-0.2, -0.15) is 0 Å². The predicted molar refractivity (Wildman–Crippen MR) is 68.9 cm³/mol. The van der Waals surface area contributed by atoms with Crippen molar-refractivity contribution in [2.75, 3.05) is 5.32 Å². The molecule has 1 N–H and O–H groups in total. The fourth-order valence-corrected chi connectivity index (χ4v) is 3.19. The second-order valence-corrected chi connectivity index (χ2v) is 6.14. The first-order chi connectivity index (χ1) is 7.74. The van der Waals surface area contributed by atoms with E-state index in [0.29, 0.717) is 12.0 Å². The van der Waals surface area contributed by atoms with Gasteiger partial charge >= 0.3 is 0 Å². The Bertz CT molecular complexity index is 316. The van der Waals surface area contributed by atoms with Crippen molar-refractivity contribution in [2.24, 2.45) is 5.92 Å². The van der Waals surface area contributed by atoms with E-state index in [4.69, 9.17) is 0 Å². The van der Waals surface area contributed by atoms with Gasteiger partial charge in [0.15, 0.2) is 0 Å². The molecule has 1 fully saturated rings. The van der Waals surface area contributed by atoms with E-state index in [1.807, 2.05) is 0 Å². The molecule has 1 saturated carbocycles. The molecule has 0 aliphatic heterocycles. The van der Waals surface area contributed by atoms with Gasteiger partial charge in [0.05, 0.1) is 0 Å². The van der Waals surface area contributed by atoms with E-state index in [-0.39, 0.29) is 0 Å². The second kappa shape index (κ2) is 5.62. The molecule has 2 rings (SSSR count). The Kier molecular flexibility index (Phi) is 4.16. The number of anilines is 1. The maximum Gasteiger partial charge on any atom is 0.205 e. The van der Waals surface area contributed by atoms with E-state index in [2.05, 4.69) is 29.4 Å². The minimum atomic E-state index is 0.633. The highest BCUT2D eigenvalue weighted by Crippen LogP contribution is 2.24. The zero-order chi connectivity index (χ0) is 11.4. The number of rotatable bonds is 4. The first kappa shape index (κ1) is 11.8. The monoisotopic (exact) mass is 239 g/mol. The maximum absolute atomic E-state index is 4.23. The fourth-order valence-electron chi connectivity index (χ4n) is 2.17. The largest absolute Gasteiger partial charge is 0.357 e. The molecule has 0 atom stereocenters. The predicted octanol–water partition coefficient (Wildman–Crippen LogP) is 3.48. The molecule has 16 heavy (non-hydrogen) atoms. The van der Waals surface area contributed by atoms with Gasteiger partial charge in [-0.15, -0.1) is 10.2 Å². The first-order valence-electron chi connectivity index (χ1n) is 6.33. The van der Waals surface area contributed by atoms with Gasteiger partial charge in [-0.3, -0.25) is 0 Å². The molecule has 0 aromatic carbocycles. The molecule has 90 valence electrons. The third kappa shape index (κ3) is 3.44. The van der Waals surface area contributed by atoms with Gasteiger partial charge in [0.1, 0.15) is 5.01 Å². The van der Waals surface area contributed by atoms with Crippen LogP contribution in [0.15, 0.2) is 0 Å². The van der Waals surface area contributed by atoms with E-state index in [1.165, 1.54) is 32.1 Å². The van der Waals surface area contributed by atoms with Gasteiger partial charge in [-0.25, -0.2) is 0 Å². The van der Waals surface area contributed by atoms with Crippen molar-refractivity contribution in [3.05, 3.63) is 5.01 Å². The number of nitrogens with zero attached hydrogens (tertiary/aromatic N) is 2. The smallest absolute Gasteiger partial charge is 0.205 e. The highest BCUT2D eigenvalue weighted by atomic mass is 32.1. The maximum atomic E-state index is 4.23. The summed E-state index contributed by atoms with van der Waals surface area (Å²) < 4.78 is 0. The molecule has 1 aromatic rings. The zero-order valence-electron chi connectivity index (χ0n) is 10.2. The average molecular weight is 239 g/mol. The molecule has 3 nitrogen and oxygen atoms in total. The quantitative estimate of drug-likeness (QED) is 0.874. The van der Waals surface area contributed by atoms with Crippen LogP contribution in [0, 0.1) is 5.92 Å². The standard InChI is InChI=1S/C12H21N3S/c1-9(2)8-11-14-15-12(16-11)13-10-6-4-3-5-7-10/h9-10H,3-8H2,1-2H3,(H,13,15). The molecule has 1 aliphatic carbocycles. The SMILES string of the molecule is CC(C)Cc1nnc(NC2CCCCC2)s1. The van der Waals surface area contributed by atoms with Crippen molar-refractivity contribution < 1.29 is 0 Å². The van der Waals surface area contributed by atoms with Crippen LogP contribution in [-0.4, -0.2) is 16.2 Å². The molecule has 0 unspecified atom stereocenters. The van der Waals surface area contributed by atoms with E-state index in [0.717, 1.165) is 16.6 Å². The summed E-state index contributed by atoms with van der Waals surface area (Å²) in [7, 11) is 0. The van der Waals surface area contributed by atoms with Crippen LogP contribution in [-0.2, 0) is 6.42 Å². The Balaban J connectivity index is 1.86. The van der Waals surface area contributed by atoms with Crippen LogP contribution >= 0.6 is 11.3 Å². The molecule has 4 heteroatoms. The molecule has 0 amide bonds. The fraction of sp³-hybridized carbons (Fsp3) is 0.833. The molecule has 0 saturated heterocycles. The highest BCUT2D eigenvalue weighted by molar-refractivity contribution is 7.15. The highest BCUT2D eigenvalue weighted by Gasteiger charge is 2.15. The summed E-state index contributed by atoms with van der Waals surface area (Å²) in [6.07, 6.45) is 7.74. The summed E-state index contributed by atoms with van der Waals surface area (Å²) in [5.41, 5.74) is 0. The van der Waals surface area contributed by atoms with Crippen molar-refractivity contribution in [2.45, 2.75) is 58.4 Å². The molecular formula is C12H21N3S. The summed E-state index contributed by atoms with van der Waals surface area (Å²) in [4.78, 5) is 0. The summed E-state index contributed by atoms with van der Waals surface area (Å²) in [5.74, 6) is 0.662. The van der Waals surface area contributed by atoms with E-state index in [9.17, 15) is 0 Å². The van der Waals surface area contributed by atoms with Crippen molar-refractivity contribution in [3.8, 4) is 0 Å². The molecular weight excluding hydrogens is 218 g/mol. The van der Waals surface area contributed by atoms with Gasteiger partial charge in [0.25, 0.3) is 0 Å². The van der Waals surface area contributed by atoms with Gasteiger partial charge in [0.2, 0.25) is 5.13 Å². The normalized spacial score (nSPS) is 17.9. The first-order valence-corrected chi connectivity index (χ1v) is 7.14. The molecule has 1 heterocycles. The second-order valence-electron chi connectivity index (χ2n) is 5.08. The molecule has 0 bridgehead atoms. The Labute approximate surface area is 102 Å². The lowest BCUT2D eigenvalue weighted by Crippen LogP contribution is -2.21.